The number of aromatic nitrogens is 1. The van der Waals surface area contributed by atoms with Gasteiger partial charge in [0.15, 0.2) is 11.5 Å². The maximum Gasteiger partial charge on any atom is 0.354 e. The van der Waals surface area contributed by atoms with E-state index in [1.165, 1.54) is 6.07 Å². The first-order valence-corrected chi connectivity index (χ1v) is 5.57. The summed E-state index contributed by atoms with van der Waals surface area (Å²) >= 11 is 0. The Labute approximate surface area is 101 Å². The second-order valence-corrected chi connectivity index (χ2v) is 4.51. The van der Waals surface area contributed by atoms with Crippen LogP contribution in [0.15, 0.2) is 12.1 Å². The summed E-state index contributed by atoms with van der Waals surface area (Å²) in [6.45, 7) is 6.25. The maximum absolute atomic E-state index is 10.9. The summed E-state index contributed by atoms with van der Waals surface area (Å²) in [6, 6.07) is 3.22. The average molecular weight is 237 g/mol. The molecule has 1 heterocycles. The molecule has 0 aliphatic rings. The van der Waals surface area contributed by atoms with Crippen LogP contribution < -0.4 is 10.6 Å². The molecule has 0 fully saturated rings. The van der Waals surface area contributed by atoms with E-state index in [0.29, 0.717) is 17.4 Å². The van der Waals surface area contributed by atoms with Crippen LogP contribution in [0.4, 0.5) is 11.5 Å². The van der Waals surface area contributed by atoms with Crippen LogP contribution in [0, 0.1) is 5.92 Å². The van der Waals surface area contributed by atoms with Gasteiger partial charge in [0.25, 0.3) is 0 Å². The fourth-order valence-corrected chi connectivity index (χ4v) is 1.50. The molecule has 94 valence electrons. The van der Waals surface area contributed by atoms with Crippen molar-refractivity contribution in [3.63, 3.8) is 0 Å². The molecule has 0 bridgehead atoms. The van der Waals surface area contributed by atoms with Crippen LogP contribution in [-0.4, -0.2) is 29.1 Å². The number of hydrogen-bond donors (Lipinski definition) is 2. The number of carboxylic acids is 1. The number of rotatable bonds is 4. The molecule has 1 aromatic rings. The van der Waals surface area contributed by atoms with Crippen LogP contribution in [0.2, 0.25) is 0 Å². The van der Waals surface area contributed by atoms with Crippen molar-refractivity contribution in [1.29, 1.82) is 0 Å². The van der Waals surface area contributed by atoms with E-state index in [-0.39, 0.29) is 11.7 Å². The first kappa shape index (κ1) is 13.3. The topological polar surface area (TPSA) is 79.5 Å². The number of anilines is 2. The van der Waals surface area contributed by atoms with Crippen LogP contribution in [0.5, 0.6) is 0 Å². The van der Waals surface area contributed by atoms with E-state index in [1.807, 2.05) is 11.9 Å². The average Bonchev–Trinajstić information content (AvgIpc) is 2.27. The van der Waals surface area contributed by atoms with Crippen molar-refractivity contribution in [1.82, 2.24) is 4.98 Å². The van der Waals surface area contributed by atoms with Gasteiger partial charge in [-0.15, -0.1) is 0 Å². The number of pyridine rings is 1. The van der Waals surface area contributed by atoms with E-state index in [1.54, 1.807) is 6.07 Å². The van der Waals surface area contributed by atoms with E-state index >= 15 is 0 Å². The summed E-state index contributed by atoms with van der Waals surface area (Å²) in [4.78, 5) is 16.9. The molecule has 5 heteroatoms. The molecule has 0 aromatic carbocycles. The van der Waals surface area contributed by atoms with E-state index in [4.69, 9.17) is 10.8 Å². The highest BCUT2D eigenvalue weighted by molar-refractivity contribution is 5.87. The van der Waals surface area contributed by atoms with Crippen LogP contribution >= 0.6 is 0 Å². The van der Waals surface area contributed by atoms with Gasteiger partial charge in [-0.2, -0.15) is 0 Å². The van der Waals surface area contributed by atoms with Gasteiger partial charge in [-0.1, -0.05) is 13.8 Å². The zero-order valence-corrected chi connectivity index (χ0v) is 10.6. The number of nitrogens with zero attached hydrogens (tertiary/aromatic N) is 2. The second kappa shape index (κ2) is 5.03. The molecule has 3 N–H and O–H groups in total. The third kappa shape index (κ3) is 2.87. The molecular weight excluding hydrogens is 218 g/mol. The van der Waals surface area contributed by atoms with E-state index < -0.39 is 5.97 Å². The predicted molar refractivity (Wildman–Crippen MR) is 68.3 cm³/mol. The van der Waals surface area contributed by atoms with Crippen LogP contribution in [0.25, 0.3) is 0 Å². The number of carbonyl (C=O) groups is 1. The molecule has 0 amide bonds. The van der Waals surface area contributed by atoms with Crippen LogP contribution in [0.3, 0.4) is 0 Å². The number of nitrogen functional groups attached to an aromatic ring is 1. The molecule has 0 saturated carbocycles. The Morgan fingerprint density at radius 2 is 2.00 bits per heavy atom. The van der Waals surface area contributed by atoms with Crippen molar-refractivity contribution in [2.45, 2.75) is 26.8 Å². The zero-order chi connectivity index (χ0) is 13.2. The lowest BCUT2D eigenvalue weighted by atomic mass is 10.1. The quantitative estimate of drug-likeness (QED) is 0.835. The smallest absolute Gasteiger partial charge is 0.354 e. The molecule has 1 atom stereocenters. The summed E-state index contributed by atoms with van der Waals surface area (Å²) in [6.07, 6.45) is 0. The van der Waals surface area contributed by atoms with Gasteiger partial charge in [0.1, 0.15) is 0 Å². The van der Waals surface area contributed by atoms with Gasteiger partial charge in [0.2, 0.25) is 0 Å². The summed E-state index contributed by atoms with van der Waals surface area (Å²) < 4.78 is 0. The van der Waals surface area contributed by atoms with Crippen molar-refractivity contribution < 1.29 is 9.90 Å². The Morgan fingerprint density at radius 1 is 1.41 bits per heavy atom. The molecule has 0 saturated heterocycles. The van der Waals surface area contributed by atoms with E-state index in [0.717, 1.165) is 0 Å². The Kier molecular flexibility index (Phi) is 3.93. The van der Waals surface area contributed by atoms with Gasteiger partial charge in [0, 0.05) is 13.1 Å². The molecule has 0 radical (unpaired) electrons. The van der Waals surface area contributed by atoms with E-state index in [2.05, 4.69) is 25.8 Å². The highest BCUT2D eigenvalue weighted by Crippen LogP contribution is 2.23. The molecule has 0 aliphatic heterocycles. The van der Waals surface area contributed by atoms with Gasteiger partial charge in [-0.05, 0) is 25.0 Å². The first-order valence-electron chi connectivity index (χ1n) is 5.57. The van der Waals surface area contributed by atoms with Crippen molar-refractivity contribution >= 4 is 17.5 Å². The fourth-order valence-electron chi connectivity index (χ4n) is 1.50. The van der Waals surface area contributed by atoms with E-state index in [9.17, 15) is 4.79 Å². The number of aromatic carboxylic acids is 1. The van der Waals surface area contributed by atoms with Crippen molar-refractivity contribution in [2.75, 3.05) is 17.7 Å². The molecule has 1 aromatic heterocycles. The highest BCUT2D eigenvalue weighted by Gasteiger charge is 2.18. The second-order valence-electron chi connectivity index (χ2n) is 4.51. The lowest BCUT2D eigenvalue weighted by Crippen LogP contribution is -2.34. The summed E-state index contributed by atoms with van der Waals surface area (Å²) in [5, 5.41) is 8.91. The number of nitrogens with two attached hydrogens (primary N) is 1. The minimum absolute atomic E-state index is 0.0111. The molecule has 5 nitrogen and oxygen atoms in total. The number of carboxylic acid groups (broad SMARTS) is 1. The maximum atomic E-state index is 10.9. The van der Waals surface area contributed by atoms with Crippen LogP contribution in [0.1, 0.15) is 31.3 Å². The normalized spacial score (nSPS) is 12.5. The molecule has 1 unspecified atom stereocenters. The largest absolute Gasteiger partial charge is 0.477 e. The molecule has 0 spiro atoms. The van der Waals surface area contributed by atoms with Gasteiger partial charge >= 0.3 is 5.97 Å². The Balaban J connectivity index is 3.12. The minimum Gasteiger partial charge on any atom is -0.477 e. The van der Waals surface area contributed by atoms with Crippen molar-refractivity contribution in [3.05, 3.63) is 17.8 Å². The Bertz CT molecular complexity index is 418. The first-order chi connectivity index (χ1) is 7.84. The Hall–Kier alpha value is -1.78. The van der Waals surface area contributed by atoms with Crippen LogP contribution in [-0.2, 0) is 0 Å². The molecule has 1 rings (SSSR count). The molecule has 0 aliphatic carbocycles. The molecule has 17 heavy (non-hydrogen) atoms. The monoisotopic (exact) mass is 237 g/mol. The van der Waals surface area contributed by atoms with Gasteiger partial charge < -0.3 is 15.7 Å². The number of hydrogen-bond acceptors (Lipinski definition) is 4. The SMILES string of the molecule is CC(C)C(C)N(C)c1nc(C(=O)O)ccc1N. The van der Waals surface area contributed by atoms with Gasteiger partial charge in [-0.25, -0.2) is 9.78 Å². The summed E-state index contributed by atoms with van der Waals surface area (Å²) in [5.41, 5.74) is 6.33. The third-order valence-electron chi connectivity index (χ3n) is 3.03. The predicted octanol–water partition coefficient (Wildman–Crippen LogP) is 1.84. The fraction of sp³-hybridized carbons (Fsp3) is 0.500. The molecular formula is C12H19N3O2. The Morgan fingerprint density at radius 3 is 2.47 bits per heavy atom. The third-order valence-corrected chi connectivity index (χ3v) is 3.03. The summed E-state index contributed by atoms with van der Waals surface area (Å²) in [7, 11) is 1.87. The van der Waals surface area contributed by atoms with Gasteiger partial charge in [-0.3, -0.25) is 0 Å². The lowest BCUT2D eigenvalue weighted by molar-refractivity contribution is 0.0690. The van der Waals surface area contributed by atoms with Crippen molar-refractivity contribution in [3.8, 4) is 0 Å². The highest BCUT2D eigenvalue weighted by atomic mass is 16.4. The lowest BCUT2D eigenvalue weighted by Gasteiger charge is -2.29. The standard InChI is InChI=1S/C12H19N3O2/c1-7(2)8(3)15(4)11-9(13)5-6-10(14-11)12(16)17/h5-8H,13H2,1-4H3,(H,16,17). The summed E-state index contributed by atoms with van der Waals surface area (Å²) in [5.74, 6) is -0.0994. The zero-order valence-electron chi connectivity index (χ0n) is 10.6. The van der Waals surface area contributed by atoms with Crippen molar-refractivity contribution in [2.24, 2.45) is 5.92 Å². The minimum atomic E-state index is -1.04. The van der Waals surface area contributed by atoms with Gasteiger partial charge in [0.05, 0.1) is 5.69 Å².